The minimum Gasteiger partial charge on any atom is -0.492 e. The molecule has 0 N–H and O–H groups in total. The zero-order valence-electron chi connectivity index (χ0n) is 11.5. The molecule has 20 heavy (non-hydrogen) atoms. The summed E-state index contributed by atoms with van der Waals surface area (Å²) in [6.07, 6.45) is 0.406. The van der Waals surface area contributed by atoms with Gasteiger partial charge in [0.05, 0.1) is 19.0 Å². The molecule has 5 heteroatoms. The number of benzene rings is 1. The van der Waals surface area contributed by atoms with Gasteiger partial charge in [0.1, 0.15) is 12.4 Å². The molecule has 0 unspecified atom stereocenters. The third-order valence-electron chi connectivity index (χ3n) is 3.17. The number of hydrogen-bond donors (Lipinski definition) is 0. The predicted octanol–water partition coefficient (Wildman–Crippen LogP) is 2.67. The lowest BCUT2D eigenvalue weighted by Gasteiger charge is -2.08. The first-order valence-corrected chi connectivity index (χ1v) is 7.19. The van der Waals surface area contributed by atoms with Crippen LogP contribution in [0.5, 0.6) is 5.75 Å². The summed E-state index contributed by atoms with van der Waals surface area (Å²) in [5, 5.41) is 8.60. The van der Waals surface area contributed by atoms with Gasteiger partial charge in [-0.1, -0.05) is 23.5 Å². The van der Waals surface area contributed by atoms with Gasteiger partial charge in [-0.3, -0.25) is 9.36 Å². The second-order valence-electron chi connectivity index (χ2n) is 4.49. The molecule has 1 aromatic heterocycles. The Morgan fingerprint density at radius 2 is 2.00 bits per heavy atom. The molecule has 2 rings (SSSR count). The van der Waals surface area contributed by atoms with Gasteiger partial charge in [-0.2, -0.15) is 5.26 Å². The van der Waals surface area contributed by atoms with Crippen LogP contribution in [0.4, 0.5) is 0 Å². The molecule has 0 radical (unpaired) electrons. The molecule has 104 valence electrons. The Labute approximate surface area is 121 Å². The molecule has 2 aromatic rings. The lowest BCUT2D eigenvalue weighted by Crippen LogP contribution is -2.19. The first-order chi connectivity index (χ1) is 9.61. The Kier molecular flexibility index (Phi) is 4.59. The third kappa shape index (κ3) is 3.28. The summed E-state index contributed by atoms with van der Waals surface area (Å²) in [7, 11) is 0. The minimum atomic E-state index is 0.0629. The molecule has 4 nitrogen and oxygen atoms in total. The van der Waals surface area contributed by atoms with Crippen LogP contribution in [-0.2, 0) is 13.0 Å². The van der Waals surface area contributed by atoms with Crippen molar-refractivity contribution in [3.05, 3.63) is 50.1 Å². The highest BCUT2D eigenvalue weighted by Gasteiger charge is 2.07. The topological polar surface area (TPSA) is 55.0 Å². The normalized spacial score (nSPS) is 10.2. The van der Waals surface area contributed by atoms with E-state index in [0.29, 0.717) is 19.6 Å². The molecule has 0 saturated heterocycles. The van der Waals surface area contributed by atoms with Gasteiger partial charge in [0, 0.05) is 10.6 Å². The van der Waals surface area contributed by atoms with Crippen molar-refractivity contribution < 1.29 is 4.74 Å². The lowest BCUT2D eigenvalue weighted by atomic mass is 10.2. The number of aryl methyl sites for hydroxylation is 1. The summed E-state index contributed by atoms with van der Waals surface area (Å²) in [6.45, 7) is 4.90. The third-order valence-corrected chi connectivity index (χ3v) is 4.16. The first kappa shape index (κ1) is 14.4. The highest BCUT2D eigenvalue weighted by Crippen LogP contribution is 2.13. The molecule has 0 atom stereocenters. The number of ether oxygens (including phenoxy) is 1. The number of nitrogens with zero attached hydrogens (tertiary/aromatic N) is 2. The fourth-order valence-corrected chi connectivity index (χ4v) is 2.75. The molecule has 0 bridgehead atoms. The van der Waals surface area contributed by atoms with Crippen LogP contribution in [0.2, 0.25) is 0 Å². The molecule has 0 aliphatic heterocycles. The van der Waals surface area contributed by atoms with Crippen LogP contribution in [0.25, 0.3) is 0 Å². The van der Waals surface area contributed by atoms with E-state index >= 15 is 0 Å². The summed E-state index contributed by atoms with van der Waals surface area (Å²) in [6, 6.07) is 9.56. The highest BCUT2D eigenvalue weighted by atomic mass is 32.1. The standard InChI is InChI=1S/C15H16N2O2S/c1-11-12(2)20-15(18)17(11)9-10-19-14-5-3-13(4-6-14)7-8-16/h3-6H,7,9-10H2,1-2H3. The quantitative estimate of drug-likeness (QED) is 0.850. The van der Waals surface area contributed by atoms with Crippen LogP contribution >= 0.6 is 11.3 Å². The Balaban J connectivity index is 1.93. The molecular formula is C15H16N2O2S. The van der Waals surface area contributed by atoms with Gasteiger partial charge >= 0.3 is 4.87 Å². The Morgan fingerprint density at radius 3 is 2.55 bits per heavy atom. The van der Waals surface area contributed by atoms with Crippen molar-refractivity contribution in [2.45, 2.75) is 26.8 Å². The number of rotatable bonds is 5. The van der Waals surface area contributed by atoms with Crippen LogP contribution in [-0.4, -0.2) is 11.2 Å². The summed E-state index contributed by atoms with van der Waals surface area (Å²) in [5.74, 6) is 0.754. The molecule has 0 amide bonds. The zero-order chi connectivity index (χ0) is 14.5. The van der Waals surface area contributed by atoms with Crippen LogP contribution < -0.4 is 9.61 Å². The van der Waals surface area contributed by atoms with E-state index in [4.69, 9.17) is 10.00 Å². The molecule has 0 saturated carbocycles. The van der Waals surface area contributed by atoms with Gasteiger partial charge in [0.2, 0.25) is 0 Å². The predicted molar refractivity (Wildman–Crippen MR) is 79.3 cm³/mol. The Bertz CT molecular complexity index is 677. The molecular weight excluding hydrogens is 272 g/mol. The van der Waals surface area contributed by atoms with Gasteiger partial charge in [-0.15, -0.1) is 0 Å². The van der Waals surface area contributed by atoms with Crippen molar-refractivity contribution in [1.29, 1.82) is 5.26 Å². The van der Waals surface area contributed by atoms with E-state index in [2.05, 4.69) is 6.07 Å². The van der Waals surface area contributed by atoms with E-state index in [-0.39, 0.29) is 4.87 Å². The van der Waals surface area contributed by atoms with Gasteiger partial charge < -0.3 is 4.74 Å². The Hall–Kier alpha value is -2.06. The molecule has 0 aliphatic carbocycles. The van der Waals surface area contributed by atoms with Crippen LogP contribution in [0.15, 0.2) is 29.1 Å². The maximum Gasteiger partial charge on any atom is 0.307 e. The van der Waals surface area contributed by atoms with Crippen molar-refractivity contribution in [3.8, 4) is 11.8 Å². The highest BCUT2D eigenvalue weighted by molar-refractivity contribution is 7.09. The molecule has 1 aromatic carbocycles. The summed E-state index contributed by atoms with van der Waals surface area (Å²) in [4.78, 5) is 12.8. The van der Waals surface area contributed by atoms with Crippen LogP contribution in [0.3, 0.4) is 0 Å². The van der Waals surface area contributed by atoms with Gasteiger partial charge in [0.15, 0.2) is 0 Å². The van der Waals surface area contributed by atoms with E-state index in [9.17, 15) is 4.79 Å². The van der Waals surface area contributed by atoms with Gasteiger partial charge in [-0.25, -0.2) is 0 Å². The lowest BCUT2D eigenvalue weighted by molar-refractivity contribution is 0.296. The van der Waals surface area contributed by atoms with Gasteiger partial charge in [-0.05, 0) is 31.5 Å². The largest absolute Gasteiger partial charge is 0.492 e. The average molecular weight is 288 g/mol. The second kappa shape index (κ2) is 6.40. The first-order valence-electron chi connectivity index (χ1n) is 6.37. The molecule has 0 spiro atoms. The van der Waals surface area contributed by atoms with Crippen molar-refractivity contribution in [2.24, 2.45) is 0 Å². The number of aromatic nitrogens is 1. The maximum atomic E-state index is 11.7. The number of hydrogen-bond acceptors (Lipinski definition) is 4. The second-order valence-corrected chi connectivity index (χ2v) is 5.65. The average Bonchev–Trinajstić information content (AvgIpc) is 2.67. The molecule has 0 aliphatic rings. The summed E-state index contributed by atoms with van der Waals surface area (Å²) in [5.41, 5.74) is 1.98. The monoisotopic (exact) mass is 288 g/mol. The number of thiazole rings is 1. The van der Waals surface area contributed by atoms with E-state index in [1.807, 2.05) is 38.1 Å². The van der Waals surface area contributed by atoms with E-state index in [0.717, 1.165) is 21.9 Å². The molecule has 0 fully saturated rings. The SMILES string of the molecule is Cc1sc(=O)n(CCOc2ccc(CC#N)cc2)c1C. The van der Waals surface area contributed by atoms with E-state index in [1.165, 1.54) is 11.3 Å². The number of nitriles is 1. The van der Waals surface area contributed by atoms with E-state index < -0.39 is 0 Å². The van der Waals surface area contributed by atoms with E-state index in [1.54, 1.807) is 4.57 Å². The van der Waals surface area contributed by atoms with Crippen molar-refractivity contribution in [1.82, 2.24) is 4.57 Å². The van der Waals surface area contributed by atoms with Gasteiger partial charge in [0.25, 0.3) is 0 Å². The van der Waals surface area contributed by atoms with Crippen molar-refractivity contribution in [3.63, 3.8) is 0 Å². The summed E-state index contributed by atoms with van der Waals surface area (Å²) >= 11 is 1.27. The maximum absolute atomic E-state index is 11.7. The fraction of sp³-hybridized carbons (Fsp3) is 0.333. The molecule has 1 heterocycles. The Morgan fingerprint density at radius 1 is 1.30 bits per heavy atom. The van der Waals surface area contributed by atoms with Crippen LogP contribution in [0, 0.1) is 25.2 Å². The minimum absolute atomic E-state index is 0.0629. The van der Waals surface area contributed by atoms with Crippen molar-refractivity contribution >= 4 is 11.3 Å². The summed E-state index contributed by atoms with van der Waals surface area (Å²) < 4.78 is 7.36. The van der Waals surface area contributed by atoms with Crippen LogP contribution in [0.1, 0.15) is 16.1 Å². The van der Waals surface area contributed by atoms with Crippen molar-refractivity contribution in [2.75, 3.05) is 6.61 Å². The zero-order valence-corrected chi connectivity index (χ0v) is 12.4. The fourth-order valence-electron chi connectivity index (χ4n) is 1.90. The smallest absolute Gasteiger partial charge is 0.307 e.